The molecule has 1 aliphatic heterocycles. The molecule has 1 aliphatic rings. The summed E-state index contributed by atoms with van der Waals surface area (Å²) < 4.78 is 28.2. The van der Waals surface area contributed by atoms with Crippen molar-refractivity contribution in [2.45, 2.75) is 12.6 Å². The van der Waals surface area contributed by atoms with Gasteiger partial charge in [-0.2, -0.15) is 5.10 Å². The number of piperazine rings is 1. The van der Waals surface area contributed by atoms with Crippen LogP contribution in [0.25, 0.3) is 22.0 Å². The SMILES string of the molecule is CN1CCN(Cc2cc(-c3ccc4[nH]ncc4c3)ccc2F)[C@@H](c2ccc(F)cc2)C1. The Labute approximate surface area is 180 Å². The van der Waals surface area contributed by atoms with Crippen LogP contribution in [0.4, 0.5) is 8.78 Å². The molecule has 3 aromatic carbocycles. The Kier molecular flexibility index (Phi) is 5.26. The van der Waals surface area contributed by atoms with Gasteiger partial charge in [0.25, 0.3) is 0 Å². The second kappa shape index (κ2) is 8.21. The Balaban J connectivity index is 1.45. The summed E-state index contributed by atoms with van der Waals surface area (Å²) in [6.45, 7) is 3.06. The van der Waals surface area contributed by atoms with Crippen LogP contribution >= 0.6 is 0 Å². The molecule has 6 heteroatoms. The second-order valence-corrected chi connectivity index (χ2v) is 8.28. The minimum Gasteiger partial charge on any atom is -0.303 e. The topological polar surface area (TPSA) is 35.2 Å². The molecule has 4 nitrogen and oxygen atoms in total. The molecule has 0 aliphatic carbocycles. The summed E-state index contributed by atoms with van der Waals surface area (Å²) in [5.74, 6) is -0.447. The normalized spacial score (nSPS) is 18.0. The highest BCUT2D eigenvalue weighted by Crippen LogP contribution is 2.30. The minimum absolute atomic E-state index is 0.0877. The zero-order valence-electron chi connectivity index (χ0n) is 17.4. The van der Waals surface area contributed by atoms with Crippen LogP contribution in [0.2, 0.25) is 0 Å². The molecule has 5 rings (SSSR count). The molecule has 0 amide bonds. The Morgan fingerprint density at radius 3 is 2.58 bits per heavy atom. The van der Waals surface area contributed by atoms with Crippen molar-refractivity contribution in [2.24, 2.45) is 0 Å². The van der Waals surface area contributed by atoms with Gasteiger partial charge in [0, 0.05) is 43.2 Å². The van der Waals surface area contributed by atoms with Crippen LogP contribution in [0.1, 0.15) is 17.2 Å². The molecule has 158 valence electrons. The Morgan fingerprint density at radius 1 is 0.968 bits per heavy atom. The van der Waals surface area contributed by atoms with Crippen molar-refractivity contribution in [3.63, 3.8) is 0 Å². The van der Waals surface area contributed by atoms with Crippen LogP contribution in [0, 0.1) is 11.6 Å². The molecule has 1 fully saturated rings. The Hall–Kier alpha value is -3.09. The van der Waals surface area contributed by atoms with Crippen LogP contribution in [-0.2, 0) is 6.54 Å². The fourth-order valence-electron chi connectivity index (χ4n) is 4.36. The molecule has 0 bridgehead atoms. The van der Waals surface area contributed by atoms with Gasteiger partial charge in [0.1, 0.15) is 11.6 Å². The number of hydrogen-bond acceptors (Lipinski definition) is 3. The fraction of sp³-hybridized carbons (Fsp3) is 0.240. The summed E-state index contributed by atoms with van der Waals surface area (Å²) in [6.07, 6.45) is 1.79. The van der Waals surface area contributed by atoms with Gasteiger partial charge in [-0.05, 0) is 60.1 Å². The van der Waals surface area contributed by atoms with E-state index in [4.69, 9.17) is 0 Å². The monoisotopic (exact) mass is 418 g/mol. The third-order valence-electron chi connectivity index (χ3n) is 6.14. The maximum absolute atomic E-state index is 14.8. The number of aromatic nitrogens is 2. The predicted octanol–water partition coefficient (Wildman–Crippen LogP) is 5.00. The van der Waals surface area contributed by atoms with Crippen molar-refractivity contribution in [1.29, 1.82) is 0 Å². The number of H-pyrrole nitrogens is 1. The number of rotatable bonds is 4. The standard InChI is InChI=1S/C25H24F2N4/c1-30-10-11-31(25(16-30)17-2-6-22(26)7-3-17)15-21-13-18(4-8-23(21)27)19-5-9-24-20(12-19)14-28-29-24/h2-9,12-14,25H,10-11,15-16H2,1H3,(H,28,29)/t25-/m1/s1. The lowest BCUT2D eigenvalue weighted by molar-refractivity contribution is 0.0824. The van der Waals surface area contributed by atoms with E-state index < -0.39 is 0 Å². The number of fused-ring (bicyclic) bond motifs is 1. The van der Waals surface area contributed by atoms with E-state index >= 15 is 0 Å². The fourth-order valence-corrected chi connectivity index (χ4v) is 4.36. The largest absolute Gasteiger partial charge is 0.303 e. The van der Waals surface area contributed by atoms with Gasteiger partial charge in [0.15, 0.2) is 0 Å². The van der Waals surface area contributed by atoms with Crippen LogP contribution in [-0.4, -0.2) is 46.7 Å². The van der Waals surface area contributed by atoms with E-state index in [0.29, 0.717) is 12.1 Å². The van der Waals surface area contributed by atoms with Gasteiger partial charge < -0.3 is 4.90 Å². The van der Waals surface area contributed by atoms with Crippen LogP contribution in [0.5, 0.6) is 0 Å². The van der Waals surface area contributed by atoms with Gasteiger partial charge in [0.2, 0.25) is 0 Å². The van der Waals surface area contributed by atoms with E-state index in [0.717, 1.165) is 47.2 Å². The number of hydrogen-bond donors (Lipinski definition) is 1. The van der Waals surface area contributed by atoms with Crippen molar-refractivity contribution in [3.8, 4) is 11.1 Å². The molecule has 1 saturated heterocycles. The summed E-state index contributed by atoms with van der Waals surface area (Å²) in [4.78, 5) is 4.55. The molecule has 1 N–H and O–H groups in total. The molecule has 2 heterocycles. The first-order chi connectivity index (χ1) is 15.1. The predicted molar refractivity (Wildman–Crippen MR) is 119 cm³/mol. The molecule has 0 unspecified atom stereocenters. The van der Waals surface area contributed by atoms with E-state index in [-0.39, 0.29) is 17.7 Å². The second-order valence-electron chi connectivity index (χ2n) is 8.28. The lowest BCUT2D eigenvalue weighted by atomic mass is 9.99. The van der Waals surface area contributed by atoms with Gasteiger partial charge in [-0.25, -0.2) is 8.78 Å². The first kappa shape index (κ1) is 19.8. The molecule has 0 radical (unpaired) electrons. The molecule has 31 heavy (non-hydrogen) atoms. The van der Waals surface area contributed by atoms with Gasteiger partial charge in [0.05, 0.1) is 11.7 Å². The lowest BCUT2D eigenvalue weighted by Gasteiger charge is -2.40. The van der Waals surface area contributed by atoms with E-state index in [1.54, 1.807) is 12.3 Å². The maximum Gasteiger partial charge on any atom is 0.127 e. The third-order valence-corrected chi connectivity index (χ3v) is 6.14. The maximum atomic E-state index is 14.8. The molecule has 1 atom stereocenters. The summed E-state index contributed by atoms with van der Waals surface area (Å²) >= 11 is 0. The van der Waals surface area contributed by atoms with Crippen molar-refractivity contribution < 1.29 is 8.78 Å². The summed E-state index contributed by atoms with van der Waals surface area (Å²) in [5.41, 5.74) is 4.71. The molecule has 0 spiro atoms. The quantitative estimate of drug-likeness (QED) is 0.507. The molecular weight excluding hydrogens is 394 g/mol. The highest BCUT2D eigenvalue weighted by Gasteiger charge is 2.27. The zero-order chi connectivity index (χ0) is 21.4. The number of benzene rings is 3. The van der Waals surface area contributed by atoms with Crippen molar-refractivity contribution >= 4 is 10.9 Å². The van der Waals surface area contributed by atoms with Crippen molar-refractivity contribution in [3.05, 3.63) is 89.6 Å². The smallest absolute Gasteiger partial charge is 0.127 e. The van der Waals surface area contributed by atoms with E-state index in [9.17, 15) is 8.78 Å². The van der Waals surface area contributed by atoms with Crippen LogP contribution in [0.3, 0.4) is 0 Å². The molecule has 4 aromatic rings. The Bertz CT molecular complexity index is 1200. The average Bonchev–Trinajstić information content (AvgIpc) is 3.25. The average molecular weight is 418 g/mol. The first-order valence-corrected chi connectivity index (χ1v) is 10.5. The van der Waals surface area contributed by atoms with E-state index in [1.807, 2.05) is 36.4 Å². The molecular formula is C25H24F2N4. The van der Waals surface area contributed by atoms with Crippen molar-refractivity contribution in [2.75, 3.05) is 26.7 Å². The van der Waals surface area contributed by atoms with E-state index in [2.05, 4.69) is 33.1 Å². The molecule has 0 saturated carbocycles. The van der Waals surface area contributed by atoms with Crippen molar-refractivity contribution in [1.82, 2.24) is 20.0 Å². The van der Waals surface area contributed by atoms with Gasteiger partial charge in [-0.15, -0.1) is 0 Å². The number of nitrogens with one attached hydrogen (secondary N) is 1. The Morgan fingerprint density at radius 2 is 1.74 bits per heavy atom. The van der Waals surface area contributed by atoms with Gasteiger partial charge in [-0.3, -0.25) is 10.00 Å². The minimum atomic E-state index is -0.243. The number of aromatic amines is 1. The first-order valence-electron chi connectivity index (χ1n) is 10.5. The van der Waals surface area contributed by atoms with Crippen LogP contribution < -0.4 is 0 Å². The van der Waals surface area contributed by atoms with E-state index in [1.165, 1.54) is 12.1 Å². The van der Waals surface area contributed by atoms with Crippen LogP contribution in [0.15, 0.2) is 66.9 Å². The van der Waals surface area contributed by atoms with Gasteiger partial charge >= 0.3 is 0 Å². The summed E-state index contributed by atoms with van der Waals surface area (Å²) in [5, 5.41) is 8.06. The zero-order valence-corrected chi connectivity index (χ0v) is 17.4. The number of nitrogens with zero attached hydrogens (tertiary/aromatic N) is 3. The summed E-state index contributed by atoms with van der Waals surface area (Å²) in [7, 11) is 2.08. The molecule has 1 aromatic heterocycles. The number of halogens is 2. The lowest BCUT2D eigenvalue weighted by Crippen LogP contribution is -2.46. The number of likely N-dealkylation sites (N-methyl/N-ethyl adjacent to an activating group) is 1. The van der Waals surface area contributed by atoms with Gasteiger partial charge in [-0.1, -0.05) is 24.3 Å². The highest BCUT2D eigenvalue weighted by atomic mass is 19.1. The summed E-state index contributed by atoms with van der Waals surface area (Å²) in [6, 6.07) is 18.1. The highest BCUT2D eigenvalue weighted by molar-refractivity contribution is 5.84. The third kappa shape index (κ3) is 4.09.